The third-order valence-electron chi connectivity index (χ3n) is 9.73. The quantitative estimate of drug-likeness (QED) is 0.0381. The van der Waals surface area contributed by atoms with Crippen LogP contribution in [0, 0.1) is 17.8 Å². The molecule has 442 valence electrons. The van der Waals surface area contributed by atoms with E-state index < -0.39 is 102 Å². The molecule has 0 saturated carbocycles. The van der Waals surface area contributed by atoms with Crippen molar-refractivity contribution in [3.63, 3.8) is 0 Å². The van der Waals surface area contributed by atoms with E-state index in [0.29, 0.717) is 44.6 Å². The number of carbonyl (C=O) groups excluding carboxylic acids is 3. The molecule has 27 nitrogen and oxygen atoms in total. The number of urea groups is 1. The minimum Gasteiger partial charge on any atom is -0.508 e. The van der Waals surface area contributed by atoms with Crippen LogP contribution in [0.25, 0.3) is 0 Å². The molecule has 0 aliphatic rings. The Morgan fingerprint density at radius 3 is 1.29 bits per heavy atom. The van der Waals surface area contributed by atoms with Crippen LogP contribution in [0.1, 0.15) is 91.7 Å². The summed E-state index contributed by atoms with van der Waals surface area (Å²) in [5, 5.41) is 61.6. The number of thioether (sulfide) groups is 1. The second-order valence-electron chi connectivity index (χ2n) is 17.7. The number of nitrogens with one attached hydrogen (secondary N) is 1. The van der Waals surface area contributed by atoms with Crippen molar-refractivity contribution in [2.75, 3.05) is 18.6 Å². The van der Waals surface area contributed by atoms with Gasteiger partial charge in [-0.05, 0) is 98.5 Å². The van der Waals surface area contributed by atoms with E-state index >= 15 is 0 Å². The van der Waals surface area contributed by atoms with Crippen LogP contribution in [0.4, 0.5) is 4.79 Å². The molecule has 2 amide bonds. The highest BCUT2D eigenvalue weighted by Crippen LogP contribution is 2.11. The fourth-order valence-corrected chi connectivity index (χ4v) is 5.08. The predicted molar refractivity (Wildman–Crippen MR) is 292 cm³/mol. The van der Waals surface area contributed by atoms with Gasteiger partial charge in [0.05, 0.1) is 0 Å². The van der Waals surface area contributed by atoms with E-state index in [1.807, 2.05) is 64.3 Å². The van der Waals surface area contributed by atoms with E-state index in [0.717, 1.165) is 23.3 Å². The molecular weight excluding hydrogens is 1030 g/mol. The summed E-state index contributed by atoms with van der Waals surface area (Å²) in [7, 11) is 0. The predicted octanol–water partition coefficient (Wildman–Crippen LogP) is 0.261. The molecule has 28 heteroatoms. The van der Waals surface area contributed by atoms with Gasteiger partial charge in [-0.2, -0.15) is 11.8 Å². The molecule has 9 atom stereocenters. The normalized spacial score (nSPS) is 13.6. The van der Waals surface area contributed by atoms with Crippen molar-refractivity contribution in [1.29, 1.82) is 0 Å². The van der Waals surface area contributed by atoms with Crippen molar-refractivity contribution in [2.24, 2.45) is 69.4 Å². The smallest absolute Gasteiger partial charge is 0.330 e. The number of hydrogen-bond donors (Lipinski definition) is 17. The maximum atomic E-state index is 11.1. The summed E-state index contributed by atoms with van der Waals surface area (Å²) >= 11 is 1.60. The number of esters is 2. The van der Waals surface area contributed by atoms with Crippen LogP contribution in [0.15, 0.2) is 54.6 Å². The van der Waals surface area contributed by atoms with Gasteiger partial charge in [0.1, 0.15) is 54.1 Å². The number of carboxylic acids is 6. The van der Waals surface area contributed by atoms with E-state index in [-0.39, 0.29) is 24.0 Å². The Labute approximate surface area is 454 Å². The van der Waals surface area contributed by atoms with E-state index in [1.54, 1.807) is 37.7 Å². The van der Waals surface area contributed by atoms with E-state index in [1.165, 1.54) is 19.1 Å². The van der Waals surface area contributed by atoms with Crippen molar-refractivity contribution >= 4 is 65.5 Å². The topological polar surface area (TPSA) is 551 Å². The van der Waals surface area contributed by atoms with Crippen molar-refractivity contribution in [3.05, 3.63) is 65.7 Å². The molecule has 0 unspecified atom stereocenters. The van der Waals surface area contributed by atoms with Gasteiger partial charge in [-0.3, -0.25) is 28.8 Å². The van der Waals surface area contributed by atoms with Crippen LogP contribution in [-0.4, -0.2) is 156 Å². The van der Waals surface area contributed by atoms with Gasteiger partial charge < -0.3 is 97.4 Å². The number of ether oxygens (including phenoxy) is 1. The fraction of sp³-hybridized carbons (Fsp3) is 0.571. The summed E-state index contributed by atoms with van der Waals surface area (Å²) in [4.78, 5) is 93.4. The highest BCUT2D eigenvalue weighted by molar-refractivity contribution is 7.98. The van der Waals surface area contributed by atoms with Crippen LogP contribution < -0.4 is 56.9 Å². The van der Waals surface area contributed by atoms with Gasteiger partial charge >= 0.3 is 53.8 Å². The number of carbonyl (C=O) groups is 9. The molecule has 0 bridgehead atoms. The largest absolute Gasteiger partial charge is 0.508 e. The minimum absolute atomic E-state index is 0.0617. The Balaban J connectivity index is -0.000000263. The average molecular weight is 1120 g/mol. The summed E-state index contributed by atoms with van der Waals surface area (Å²) in [6, 6.07) is 8.85. The van der Waals surface area contributed by atoms with Gasteiger partial charge in [0.15, 0.2) is 0 Å². The summed E-state index contributed by atoms with van der Waals surface area (Å²) in [5.41, 5.74) is 48.7. The van der Waals surface area contributed by atoms with Crippen LogP contribution in [-0.2, 0) is 55.9 Å². The van der Waals surface area contributed by atoms with Crippen molar-refractivity contribution in [3.8, 4) is 5.75 Å². The Hall–Kier alpha value is -6.50. The van der Waals surface area contributed by atoms with Crippen LogP contribution in [0.2, 0.25) is 0 Å². The highest BCUT2D eigenvalue weighted by Gasteiger charge is 2.23. The molecule has 0 heterocycles. The fourth-order valence-electron chi connectivity index (χ4n) is 4.59. The molecule has 0 aromatic heterocycles. The second-order valence-corrected chi connectivity index (χ2v) is 18.7. The summed E-state index contributed by atoms with van der Waals surface area (Å²) in [6.45, 7) is 13.0. The summed E-state index contributed by atoms with van der Waals surface area (Å²) in [5.74, 6) is -5.89. The standard InChI is InChI=1S/C9H11NO3.C9H11NO2.C8H16N2O3.C6H13N3O3.2C6H13NO2.C5H11NO2S/c10-8(9(12)13)5-6-1-3-7(11)4-2-6;10-8(9(11)12)6-7-4-2-1-3-5-7;1-4(2)6(10)8(12)13-7(11)5(3)9;7-4(5(10)11)2-1-3-9-6(8)12;1-4(2)3-5(7)6(8)9;1-3-4(2)5(7)6(8)9;1-9-3-2-4(6)5(7)8/h1-4,8,11H,5,10H2,(H,12,13);1-5,8H,6,10H2,(H,11,12);4-6H,9-10H2,1-3H3;4H,1-3,7H2,(H,10,11)(H3,8,9,12);2*4-5H,3,7H2,1-2H3,(H,8,9);4H,2-3,6H2,1H3,(H,7,8)/t2*8-;5-,6-;4-;5-;4-,5-;4-/m0000000/s1. The number of phenolic OH excluding ortho intramolecular Hbond substituents is 1. The molecule has 0 aliphatic carbocycles. The minimum atomic E-state index is -1.03. The Kier molecular flexibility index (Phi) is 48.2. The third-order valence-corrected chi connectivity index (χ3v) is 10.4. The molecule has 2 rings (SSSR count). The third kappa shape index (κ3) is 48.9. The summed E-state index contributed by atoms with van der Waals surface area (Å²) < 4.78 is 4.41. The lowest BCUT2D eigenvalue weighted by Gasteiger charge is -2.13. The zero-order chi connectivity index (χ0) is 61.1. The molecule has 2 aromatic carbocycles. The zero-order valence-electron chi connectivity index (χ0n) is 45.2. The number of aromatic hydroxyl groups is 1. The van der Waals surface area contributed by atoms with Crippen molar-refractivity contribution in [2.45, 2.75) is 142 Å². The average Bonchev–Trinajstić information content (AvgIpc) is 3.35. The number of amides is 2. The zero-order valence-corrected chi connectivity index (χ0v) is 46.0. The molecule has 0 fully saturated rings. The van der Waals surface area contributed by atoms with E-state index in [2.05, 4.69) is 10.1 Å². The first-order valence-electron chi connectivity index (χ1n) is 24.0. The van der Waals surface area contributed by atoms with Gasteiger partial charge in [0.2, 0.25) is 0 Å². The number of phenols is 1. The first kappa shape index (κ1) is 79.4. The first-order chi connectivity index (χ1) is 35.5. The molecule has 0 saturated heterocycles. The number of hydrogen-bond acceptors (Lipinski definition) is 20. The van der Waals surface area contributed by atoms with Gasteiger partial charge in [-0.1, -0.05) is 90.4 Å². The maximum absolute atomic E-state index is 11.1. The van der Waals surface area contributed by atoms with E-state index in [9.17, 15) is 43.2 Å². The Morgan fingerprint density at radius 1 is 0.558 bits per heavy atom. The lowest BCUT2D eigenvalue weighted by Crippen LogP contribution is -2.41. The van der Waals surface area contributed by atoms with Gasteiger partial charge in [-0.15, -0.1) is 0 Å². The SMILES string of the molecule is CC(C)C[C@H](N)C(=O)O.CC(C)[C@H](N)C(=O)OC(=O)[C@H](C)N.CC[C@H](C)[C@H](N)C(=O)O.CSCC[C@H](N)C(=O)O.NC(=O)NCCC[C@H](N)C(=O)O.N[C@@H](Cc1ccc(O)cc1)C(=O)O.N[C@@H](Cc1ccccc1)C(=O)O. The highest BCUT2D eigenvalue weighted by atomic mass is 32.2. The first-order valence-corrected chi connectivity index (χ1v) is 25.4. The summed E-state index contributed by atoms with van der Waals surface area (Å²) in [6.07, 6.45) is 5.34. The molecule has 77 heavy (non-hydrogen) atoms. The molecule has 2 aromatic rings. The lowest BCUT2D eigenvalue weighted by molar-refractivity contribution is -0.162. The van der Waals surface area contributed by atoms with Gasteiger partial charge in [0, 0.05) is 6.54 Å². The molecular formula is C49H88N10O17S. The Bertz CT molecular complexity index is 1990. The number of rotatable bonds is 24. The number of carboxylic acid groups (broad SMARTS) is 6. The maximum Gasteiger partial charge on any atom is 0.330 e. The van der Waals surface area contributed by atoms with Crippen molar-refractivity contribution < 1.29 is 83.6 Å². The molecule has 0 radical (unpaired) electrons. The monoisotopic (exact) mass is 1120 g/mol. The second kappa shape index (κ2) is 46.8. The van der Waals surface area contributed by atoms with Crippen LogP contribution >= 0.6 is 11.8 Å². The number of aliphatic carboxylic acids is 6. The van der Waals surface area contributed by atoms with Crippen molar-refractivity contribution in [1.82, 2.24) is 5.32 Å². The Morgan fingerprint density at radius 2 is 0.974 bits per heavy atom. The van der Waals surface area contributed by atoms with Gasteiger partial charge in [0.25, 0.3) is 0 Å². The lowest BCUT2D eigenvalue weighted by atomic mass is 10.0. The number of primary amides is 1. The number of nitrogens with two attached hydrogens (primary N) is 9. The van der Waals surface area contributed by atoms with E-state index in [4.69, 9.17) is 87.3 Å². The number of benzene rings is 2. The molecule has 26 N–H and O–H groups in total. The molecule has 0 spiro atoms. The van der Waals surface area contributed by atoms with Crippen LogP contribution in [0.5, 0.6) is 5.75 Å². The van der Waals surface area contributed by atoms with Gasteiger partial charge in [-0.25, -0.2) is 14.4 Å². The van der Waals surface area contributed by atoms with Crippen LogP contribution in [0.3, 0.4) is 0 Å². The molecule has 0 aliphatic heterocycles.